The molecule has 3 aromatic rings. The van der Waals surface area contributed by atoms with E-state index in [1.165, 1.54) is 23.9 Å². The van der Waals surface area contributed by atoms with Gasteiger partial charge in [-0.15, -0.1) is 10.2 Å². The van der Waals surface area contributed by atoms with Crippen molar-refractivity contribution >= 4 is 29.3 Å². The van der Waals surface area contributed by atoms with Crippen molar-refractivity contribution in [2.45, 2.75) is 38.5 Å². The van der Waals surface area contributed by atoms with Gasteiger partial charge in [0.05, 0.1) is 24.6 Å². The summed E-state index contributed by atoms with van der Waals surface area (Å²) in [4.78, 5) is 25.2. The maximum atomic E-state index is 13.8. The van der Waals surface area contributed by atoms with E-state index in [2.05, 4.69) is 20.8 Å². The topological polar surface area (TPSA) is 98.1 Å². The number of aromatic nitrogens is 3. The number of hydrogen-bond acceptors (Lipinski definition) is 6. The van der Waals surface area contributed by atoms with Gasteiger partial charge in [-0.3, -0.25) is 9.59 Å². The number of rotatable bonds is 10. The van der Waals surface area contributed by atoms with Crippen LogP contribution in [0.15, 0.2) is 53.7 Å². The predicted molar refractivity (Wildman–Crippen MR) is 129 cm³/mol. The van der Waals surface area contributed by atoms with E-state index in [1.807, 2.05) is 25.3 Å². The summed E-state index contributed by atoms with van der Waals surface area (Å²) in [5.41, 5.74) is 0.639. The second kappa shape index (κ2) is 11.6. The van der Waals surface area contributed by atoms with Gasteiger partial charge in [-0.25, -0.2) is 4.39 Å². The number of halogens is 1. The maximum absolute atomic E-state index is 13.8. The Labute approximate surface area is 202 Å². The van der Waals surface area contributed by atoms with Crippen molar-refractivity contribution in [2.75, 3.05) is 18.2 Å². The van der Waals surface area contributed by atoms with Gasteiger partial charge in [0, 0.05) is 12.1 Å². The highest BCUT2D eigenvalue weighted by Gasteiger charge is 2.26. The lowest BCUT2D eigenvalue weighted by Gasteiger charge is -2.22. The molecule has 3 rings (SSSR count). The molecule has 2 N–H and O–H groups in total. The second-order valence-electron chi connectivity index (χ2n) is 7.83. The van der Waals surface area contributed by atoms with E-state index in [-0.39, 0.29) is 35.2 Å². The second-order valence-corrected chi connectivity index (χ2v) is 8.77. The summed E-state index contributed by atoms with van der Waals surface area (Å²) in [6, 6.07) is 12.5. The Morgan fingerprint density at radius 2 is 1.82 bits per heavy atom. The van der Waals surface area contributed by atoms with Crippen molar-refractivity contribution < 1.29 is 18.7 Å². The minimum Gasteiger partial charge on any atom is -0.497 e. The van der Waals surface area contributed by atoms with E-state index >= 15 is 0 Å². The van der Waals surface area contributed by atoms with E-state index < -0.39 is 5.82 Å². The van der Waals surface area contributed by atoms with Crippen molar-refractivity contribution in [2.24, 2.45) is 5.92 Å². The first-order valence-corrected chi connectivity index (χ1v) is 11.9. The number of methoxy groups -OCH3 is 1. The van der Waals surface area contributed by atoms with Crippen molar-refractivity contribution in [1.82, 2.24) is 20.1 Å². The SMILES string of the molecule is CCn1c(SCC(=O)Nc2ccccc2F)nnc1C(NC(=O)c1ccc(OC)cc1)C(C)C. The van der Waals surface area contributed by atoms with E-state index in [0.717, 1.165) is 0 Å². The van der Waals surface area contributed by atoms with Crippen molar-refractivity contribution in [3.05, 3.63) is 65.7 Å². The van der Waals surface area contributed by atoms with Crippen LogP contribution in [0.1, 0.15) is 43.0 Å². The molecule has 2 aromatic carbocycles. The van der Waals surface area contributed by atoms with Crippen LogP contribution in [-0.2, 0) is 11.3 Å². The minimum atomic E-state index is -0.493. The summed E-state index contributed by atoms with van der Waals surface area (Å²) in [5, 5.41) is 14.7. The maximum Gasteiger partial charge on any atom is 0.251 e. The first kappa shape index (κ1) is 25.2. The highest BCUT2D eigenvalue weighted by atomic mass is 32.2. The molecule has 1 unspecified atom stereocenters. The molecular formula is C24H28FN5O3S. The highest BCUT2D eigenvalue weighted by Crippen LogP contribution is 2.26. The van der Waals surface area contributed by atoms with Crippen LogP contribution in [0.2, 0.25) is 0 Å². The zero-order valence-electron chi connectivity index (χ0n) is 19.5. The molecule has 0 bridgehead atoms. The smallest absolute Gasteiger partial charge is 0.251 e. The number of nitrogens with one attached hydrogen (secondary N) is 2. The van der Waals surface area contributed by atoms with Gasteiger partial charge in [-0.05, 0) is 49.2 Å². The molecule has 0 saturated carbocycles. The van der Waals surface area contributed by atoms with Crippen molar-refractivity contribution in [3.8, 4) is 5.75 Å². The van der Waals surface area contributed by atoms with Gasteiger partial charge in [0.25, 0.3) is 5.91 Å². The molecule has 1 atom stereocenters. The van der Waals surface area contributed by atoms with Crippen LogP contribution in [-0.4, -0.2) is 39.4 Å². The number of nitrogens with zero attached hydrogens (tertiary/aromatic N) is 3. The molecule has 180 valence electrons. The molecule has 2 amide bonds. The molecule has 34 heavy (non-hydrogen) atoms. The third kappa shape index (κ3) is 6.13. The molecule has 10 heteroatoms. The number of carbonyl (C=O) groups excluding carboxylic acids is 2. The van der Waals surface area contributed by atoms with Crippen LogP contribution in [0.3, 0.4) is 0 Å². The standard InChI is InChI=1S/C24H28FN5O3S/c1-5-30-22(21(15(2)3)27-23(32)16-10-12-17(33-4)13-11-16)28-29-24(30)34-14-20(31)26-19-9-7-6-8-18(19)25/h6-13,15,21H,5,14H2,1-4H3,(H,26,31)(H,27,32). The molecule has 1 heterocycles. The van der Waals surface area contributed by atoms with Crippen LogP contribution in [0.25, 0.3) is 0 Å². The van der Waals surface area contributed by atoms with Gasteiger partial charge in [-0.1, -0.05) is 37.7 Å². The molecule has 1 aromatic heterocycles. The molecule has 0 fully saturated rings. The third-order valence-electron chi connectivity index (χ3n) is 5.13. The zero-order chi connectivity index (χ0) is 24.7. The first-order valence-electron chi connectivity index (χ1n) is 10.9. The van der Waals surface area contributed by atoms with Gasteiger partial charge >= 0.3 is 0 Å². The Balaban J connectivity index is 1.71. The van der Waals surface area contributed by atoms with Gasteiger partial charge in [0.1, 0.15) is 11.6 Å². The quantitative estimate of drug-likeness (QED) is 0.416. The zero-order valence-corrected chi connectivity index (χ0v) is 20.4. The van der Waals surface area contributed by atoms with E-state index in [1.54, 1.807) is 43.5 Å². The number of para-hydroxylation sites is 1. The molecular weight excluding hydrogens is 457 g/mol. The number of amides is 2. The van der Waals surface area contributed by atoms with Crippen LogP contribution < -0.4 is 15.4 Å². The lowest BCUT2D eigenvalue weighted by atomic mass is 10.0. The Morgan fingerprint density at radius 3 is 2.44 bits per heavy atom. The van der Waals surface area contributed by atoms with Crippen LogP contribution in [0.4, 0.5) is 10.1 Å². The van der Waals surface area contributed by atoms with E-state index in [4.69, 9.17) is 4.74 Å². The normalized spacial score (nSPS) is 11.8. The Bertz CT molecular complexity index is 1130. The number of thioether (sulfide) groups is 1. The number of carbonyl (C=O) groups is 2. The Kier molecular flexibility index (Phi) is 8.64. The summed E-state index contributed by atoms with van der Waals surface area (Å²) >= 11 is 1.20. The fraction of sp³-hybridized carbons (Fsp3) is 0.333. The summed E-state index contributed by atoms with van der Waals surface area (Å²) in [6.07, 6.45) is 0. The van der Waals surface area contributed by atoms with Gasteiger partial charge in [-0.2, -0.15) is 0 Å². The summed E-state index contributed by atoms with van der Waals surface area (Å²) in [5.74, 6) is 0.281. The first-order chi connectivity index (χ1) is 16.3. The minimum absolute atomic E-state index is 0.0387. The molecule has 0 spiro atoms. The van der Waals surface area contributed by atoms with Gasteiger partial charge < -0.3 is 19.9 Å². The number of anilines is 1. The molecule has 8 nitrogen and oxygen atoms in total. The predicted octanol–water partition coefficient (Wildman–Crippen LogP) is 4.30. The fourth-order valence-electron chi connectivity index (χ4n) is 3.31. The van der Waals surface area contributed by atoms with Crippen molar-refractivity contribution in [1.29, 1.82) is 0 Å². The monoisotopic (exact) mass is 485 g/mol. The number of hydrogen-bond donors (Lipinski definition) is 2. The molecule has 0 saturated heterocycles. The van der Waals surface area contributed by atoms with Crippen LogP contribution in [0.5, 0.6) is 5.75 Å². The van der Waals surface area contributed by atoms with E-state index in [0.29, 0.717) is 28.8 Å². The van der Waals surface area contributed by atoms with Crippen LogP contribution >= 0.6 is 11.8 Å². The van der Waals surface area contributed by atoms with Gasteiger partial charge in [0.2, 0.25) is 5.91 Å². The number of benzene rings is 2. The van der Waals surface area contributed by atoms with Crippen molar-refractivity contribution in [3.63, 3.8) is 0 Å². The summed E-state index contributed by atoms with van der Waals surface area (Å²) in [6.45, 7) is 6.48. The van der Waals surface area contributed by atoms with Crippen LogP contribution in [0, 0.1) is 11.7 Å². The summed E-state index contributed by atoms with van der Waals surface area (Å²) in [7, 11) is 1.57. The summed E-state index contributed by atoms with van der Waals surface area (Å²) < 4.78 is 20.8. The average Bonchev–Trinajstić information content (AvgIpc) is 3.24. The third-order valence-corrected chi connectivity index (χ3v) is 6.09. The molecule has 0 aliphatic heterocycles. The lowest BCUT2D eigenvalue weighted by Crippen LogP contribution is -2.33. The average molecular weight is 486 g/mol. The van der Waals surface area contributed by atoms with E-state index in [9.17, 15) is 14.0 Å². The molecule has 0 aliphatic rings. The molecule has 0 radical (unpaired) electrons. The largest absolute Gasteiger partial charge is 0.497 e. The number of ether oxygens (including phenoxy) is 1. The Hall–Kier alpha value is -3.40. The van der Waals surface area contributed by atoms with Gasteiger partial charge in [0.15, 0.2) is 11.0 Å². The fourth-order valence-corrected chi connectivity index (χ4v) is 4.12. The lowest BCUT2D eigenvalue weighted by molar-refractivity contribution is -0.113. The Morgan fingerprint density at radius 1 is 1.12 bits per heavy atom. The molecule has 0 aliphatic carbocycles. The highest BCUT2D eigenvalue weighted by molar-refractivity contribution is 7.99.